The molecule has 0 saturated heterocycles. The van der Waals surface area contributed by atoms with Gasteiger partial charge in [0.25, 0.3) is 5.91 Å². The fourth-order valence-corrected chi connectivity index (χ4v) is 2.94. The van der Waals surface area contributed by atoms with Crippen molar-refractivity contribution >= 4 is 33.4 Å². The van der Waals surface area contributed by atoms with Gasteiger partial charge in [-0.2, -0.15) is 0 Å². The van der Waals surface area contributed by atoms with Crippen LogP contribution >= 0.6 is 27.5 Å². The summed E-state index contributed by atoms with van der Waals surface area (Å²) < 4.78 is 0.850. The molecule has 1 aromatic rings. The number of rotatable bonds is 5. The number of benzene rings is 1. The first kappa shape index (κ1) is 14.9. The lowest BCUT2D eigenvalue weighted by atomic mass is 10.1. The quantitative estimate of drug-likeness (QED) is 0.754. The first-order valence-corrected chi connectivity index (χ1v) is 7.91. The van der Waals surface area contributed by atoms with Crippen molar-refractivity contribution in [2.75, 3.05) is 6.54 Å². The molecule has 104 valence electrons. The molecule has 1 aliphatic rings. The van der Waals surface area contributed by atoms with Crippen LogP contribution in [0.25, 0.3) is 0 Å². The maximum atomic E-state index is 12.6. The third-order valence-electron chi connectivity index (χ3n) is 3.31. The zero-order chi connectivity index (χ0) is 14.0. The highest BCUT2D eigenvalue weighted by atomic mass is 79.9. The minimum Gasteiger partial charge on any atom is -0.336 e. The lowest BCUT2D eigenvalue weighted by Crippen LogP contribution is -2.34. The summed E-state index contributed by atoms with van der Waals surface area (Å²) >= 11 is 9.41. The van der Waals surface area contributed by atoms with Gasteiger partial charge >= 0.3 is 0 Å². The molecule has 0 N–H and O–H groups in total. The van der Waals surface area contributed by atoms with E-state index in [-0.39, 0.29) is 5.91 Å². The van der Waals surface area contributed by atoms with Crippen LogP contribution in [0.5, 0.6) is 0 Å². The van der Waals surface area contributed by atoms with Gasteiger partial charge in [-0.3, -0.25) is 4.79 Å². The van der Waals surface area contributed by atoms with Crippen molar-refractivity contribution in [3.63, 3.8) is 0 Å². The molecule has 0 atom stereocenters. The maximum absolute atomic E-state index is 12.6. The van der Waals surface area contributed by atoms with Crippen molar-refractivity contribution in [1.29, 1.82) is 0 Å². The Morgan fingerprint density at radius 3 is 2.63 bits per heavy atom. The molecule has 1 saturated carbocycles. The number of hydrogen-bond donors (Lipinski definition) is 0. The fourth-order valence-electron chi connectivity index (χ4n) is 2.08. The highest BCUT2D eigenvalue weighted by Gasteiger charge is 2.32. The SMILES string of the molecule is CC(C)CCN(C(=O)c1cc(Cl)cc(Br)c1)C1CC1. The summed E-state index contributed by atoms with van der Waals surface area (Å²) in [6, 6.07) is 5.83. The van der Waals surface area contributed by atoms with Crippen molar-refractivity contribution < 1.29 is 4.79 Å². The van der Waals surface area contributed by atoms with E-state index in [0.29, 0.717) is 22.5 Å². The lowest BCUT2D eigenvalue weighted by Gasteiger charge is -2.23. The summed E-state index contributed by atoms with van der Waals surface area (Å²) in [6.07, 6.45) is 3.31. The molecule has 0 aliphatic heterocycles. The molecule has 0 spiro atoms. The summed E-state index contributed by atoms with van der Waals surface area (Å²) in [7, 11) is 0. The lowest BCUT2D eigenvalue weighted by molar-refractivity contribution is 0.0735. The van der Waals surface area contributed by atoms with Gasteiger partial charge in [-0.05, 0) is 43.4 Å². The molecule has 0 heterocycles. The molecular weight excluding hydrogens is 326 g/mol. The van der Waals surface area contributed by atoms with Crippen LogP contribution in [0, 0.1) is 5.92 Å². The Bertz CT molecular complexity index is 451. The van der Waals surface area contributed by atoms with Crippen LogP contribution in [-0.4, -0.2) is 23.4 Å². The molecule has 1 fully saturated rings. The van der Waals surface area contributed by atoms with Gasteiger partial charge in [0.05, 0.1) is 0 Å². The van der Waals surface area contributed by atoms with Gasteiger partial charge < -0.3 is 4.90 Å². The monoisotopic (exact) mass is 343 g/mol. The Balaban J connectivity index is 2.14. The average molecular weight is 345 g/mol. The van der Waals surface area contributed by atoms with E-state index < -0.39 is 0 Å². The zero-order valence-corrected chi connectivity index (χ0v) is 13.7. The molecule has 0 radical (unpaired) electrons. The molecule has 1 amide bonds. The zero-order valence-electron chi connectivity index (χ0n) is 11.3. The number of carbonyl (C=O) groups excluding carboxylic acids is 1. The largest absolute Gasteiger partial charge is 0.336 e. The van der Waals surface area contributed by atoms with Gasteiger partial charge in [-0.25, -0.2) is 0 Å². The molecule has 2 rings (SSSR count). The van der Waals surface area contributed by atoms with Crippen molar-refractivity contribution in [2.45, 2.75) is 39.2 Å². The van der Waals surface area contributed by atoms with Gasteiger partial charge in [-0.1, -0.05) is 41.4 Å². The molecule has 0 aromatic heterocycles. The summed E-state index contributed by atoms with van der Waals surface area (Å²) in [5.41, 5.74) is 0.676. The van der Waals surface area contributed by atoms with Crippen LogP contribution in [0.3, 0.4) is 0 Å². The standard InChI is InChI=1S/C15H19BrClNO/c1-10(2)5-6-18(14-3-4-14)15(19)11-7-12(16)9-13(17)8-11/h7-10,14H,3-6H2,1-2H3. The molecule has 1 aliphatic carbocycles. The van der Waals surface area contributed by atoms with Crippen LogP contribution in [-0.2, 0) is 0 Å². The summed E-state index contributed by atoms with van der Waals surface area (Å²) in [5.74, 6) is 0.714. The van der Waals surface area contributed by atoms with Crippen LogP contribution in [0.1, 0.15) is 43.5 Å². The van der Waals surface area contributed by atoms with Gasteiger partial charge in [-0.15, -0.1) is 0 Å². The van der Waals surface area contributed by atoms with Gasteiger partial charge in [0, 0.05) is 27.6 Å². The molecular formula is C15H19BrClNO. The van der Waals surface area contributed by atoms with E-state index in [9.17, 15) is 4.79 Å². The number of amides is 1. The first-order chi connectivity index (χ1) is 8.97. The Hall–Kier alpha value is -0.540. The molecule has 4 heteroatoms. The Kier molecular flexibility index (Phi) is 4.91. The second kappa shape index (κ2) is 6.27. The molecule has 1 aromatic carbocycles. The number of hydrogen-bond acceptors (Lipinski definition) is 1. The first-order valence-electron chi connectivity index (χ1n) is 6.74. The predicted octanol–water partition coefficient (Wildman–Crippen LogP) is 4.75. The van der Waals surface area contributed by atoms with Crippen molar-refractivity contribution in [3.05, 3.63) is 33.3 Å². The number of nitrogens with zero attached hydrogens (tertiary/aromatic N) is 1. The van der Waals surface area contributed by atoms with E-state index in [1.54, 1.807) is 12.1 Å². The minimum absolute atomic E-state index is 0.103. The van der Waals surface area contributed by atoms with Crippen molar-refractivity contribution in [1.82, 2.24) is 4.90 Å². The molecule has 2 nitrogen and oxygen atoms in total. The second-order valence-electron chi connectivity index (χ2n) is 5.57. The summed E-state index contributed by atoms with van der Waals surface area (Å²) in [5, 5.41) is 0.595. The van der Waals surface area contributed by atoms with E-state index in [0.717, 1.165) is 30.3 Å². The van der Waals surface area contributed by atoms with E-state index in [2.05, 4.69) is 29.8 Å². The fraction of sp³-hybridized carbons (Fsp3) is 0.533. The highest BCUT2D eigenvalue weighted by molar-refractivity contribution is 9.10. The Labute approximate surface area is 128 Å². The third-order valence-corrected chi connectivity index (χ3v) is 3.98. The Morgan fingerprint density at radius 1 is 1.42 bits per heavy atom. The van der Waals surface area contributed by atoms with Crippen LogP contribution < -0.4 is 0 Å². The predicted molar refractivity (Wildman–Crippen MR) is 82.7 cm³/mol. The highest BCUT2D eigenvalue weighted by Crippen LogP contribution is 2.30. The van der Waals surface area contributed by atoms with Crippen LogP contribution in [0.2, 0.25) is 5.02 Å². The number of halogens is 2. The third kappa shape index (κ3) is 4.22. The summed E-state index contributed by atoms with van der Waals surface area (Å²) in [6.45, 7) is 5.21. The van der Waals surface area contributed by atoms with Gasteiger partial charge in [0.15, 0.2) is 0 Å². The van der Waals surface area contributed by atoms with Crippen LogP contribution in [0.15, 0.2) is 22.7 Å². The van der Waals surface area contributed by atoms with Gasteiger partial charge in [0.2, 0.25) is 0 Å². The summed E-state index contributed by atoms with van der Waals surface area (Å²) in [4.78, 5) is 14.6. The van der Waals surface area contributed by atoms with E-state index in [1.165, 1.54) is 0 Å². The van der Waals surface area contributed by atoms with E-state index >= 15 is 0 Å². The average Bonchev–Trinajstić information content (AvgIpc) is 3.11. The molecule has 0 unspecified atom stereocenters. The number of carbonyl (C=O) groups is 1. The van der Waals surface area contributed by atoms with E-state index in [1.807, 2.05) is 11.0 Å². The maximum Gasteiger partial charge on any atom is 0.254 e. The second-order valence-corrected chi connectivity index (χ2v) is 6.92. The topological polar surface area (TPSA) is 20.3 Å². The normalized spacial score (nSPS) is 14.8. The van der Waals surface area contributed by atoms with E-state index in [4.69, 9.17) is 11.6 Å². The minimum atomic E-state index is 0.103. The molecule has 0 bridgehead atoms. The van der Waals surface area contributed by atoms with Crippen molar-refractivity contribution in [2.24, 2.45) is 5.92 Å². The Morgan fingerprint density at radius 2 is 2.11 bits per heavy atom. The van der Waals surface area contributed by atoms with Gasteiger partial charge in [0.1, 0.15) is 0 Å². The van der Waals surface area contributed by atoms with Crippen LogP contribution in [0.4, 0.5) is 0 Å². The van der Waals surface area contributed by atoms with Crippen molar-refractivity contribution in [3.8, 4) is 0 Å². The smallest absolute Gasteiger partial charge is 0.254 e. The molecule has 19 heavy (non-hydrogen) atoms.